The zero-order valence-electron chi connectivity index (χ0n) is 13.5. The van der Waals surface area contributed by atoms with Crippen molar-refractivity contribution in [2.24, 2.45) is 5.92 Å². The number of fused-ring (bicyclic) bond motifs is 1. The third kappa shape index (κ3) is 2.52. The number of carbonyl (C=O) groups excluding carboxylic acids is 1. The fraction of sp³-hybridized carbons (Fsp3) is 0.500. The molecule has 0 bridgehead atoms. The first kappa shape index (κ1) is 15.1. The van der Waals surface area contributed by atoms with Crippen LogP contribution in [0.15, 0.2) is 18.2 Å². The number of H-pyrrole nitrogens is 1. The highest BCUT2D eigenvalue weighted by Crippen LogP contribution is 2.27. The maximum absolute atomic E-state index is 12.9. The maximum atomic E-state index is 12.9. The van der Waals surface area contributed by atoms with E-state index in [0.717, 1.165) is 48.1 Å². The first-order valence-electron chi connectivity index (χ1n) is 8.04. The van der Waals surface area contributed by atoms with Crippen LogP contribution in [0, 0.1) is 19.8 Å². The van der Waals surface area contributed by atoms with Crippen LogP contribution in [0.3, 0.4) is 0 Å². The zero-order chi connectivity index (χ0) is 15.9. The zero-order valence-corrected chi connectivity index (χ0v) is 13.5. The van der Waals surface area contributed by atoms with Gasteiger partial charge in [0.25, 0.3) is 5.91 Å². The van der Waals surface area contributed by atoms with Crippen LogP contribution < -0.4 is 0 Å². The molecular formula is C18H24N2O2. The van der Waals surface area contributed by atoms with E-state index in [1.807, 2.05) is 30.9 Å². The van der Waals surface area contributed by atoms with Gasteiger partial charge in [-0.25, -0.2) is 0 Å². The molecule has 4 heteroatoms. The number of aromatic nitrogens is 1. The van der Waals surface area contributed by atoms with Gasteiger partial charge in [0.15, 0.2) is 0 Å². The molecule has 2 N–H and O–H groups in total. The van der Waals surface area contributed by atoms with E-state index in [-0.39, 0.29) is 12.0 Å². The minimum absolute atomic E-state index is 0.0934. The van der Waals surface area contributed by atoms with Gasteiger partial charge in [-0.1, -0.05) is 12.1 Å². The first-order chi connectivity index (χ1) is 10.5. The average Bonchev–Trinajstić information content (AvgIpc) is 2.82. The number of benzene rings is 1. The highest BCUT2D eigenvalue weighted by Gasteiger charge is 2.27. The standard InChI is InChI=1S/C18H24N2O2/c1-11-12(2)19-17-15(11)5-4-6-16(17)18(22)20-9-7-14(8-10-20)13(3)21/h4-6,13-14,19,21H,7-10H2,1-3H3. The number of aromatic amines is 1. The van der Waals surface area contributed by atoms with E-state index in [0.29, 0.717) is 5.92 Å². The lowest BCUT2D eigenvalue weighted by atomic mass is 9.92. The summed E-state index contributed by atoms with van der Waals surface area (Å²) < 4.78 is 0. The number of rotatable bonds is 2. The van der Waals surface area contributed by atoms with Gasteiger partial charge in [0.1, 0.15) is 0 Å². The van der Waals surface area contributed by atoms with Crippen LogP contribution in [0.5, 0.6) is 0 Å². The van der Waals surface area contributed by atoms with Gasteiger partial charge in [-0.3, -0.25) is 4.79 Å². The second kappa shape index (κ2) is 5.76. The molecule has 118 valence electrons. The van der Waals surface area contributed by atoms with Gasteiger partial charge >= 0.3 is 0 Å². The Labute approximate surface area is 131 Å². The molecule has 2 aromatic rings. The van der Waals surface area contributed by atoms with E-state index < -0.39 is 0 Å². The van der Waals surface area contributed by atoms with Crippen molar-refractivity contribution in [2.75, 3.05) is 13.1 Å². The largest absolute Gasteiger partial charge is 0.393 e. The fourth-order valence-corrected chi connectivity index (χ4v) is 3.42. The summed E-state index contributed by atoms with van der Waals surface area (Å²) in [5.41, 5.74) is 4.02. The molecule has 0 radical (unpaired) electrons. The Hall–Kier alpha value is -1.81. The second-order valence-corrected chi connectivity index (χ2v) is 6.47. The molecule has 3 rings (SSSR count). The molecule has 0 spiro atoms. The normalized spacial score (nSPS) is 17.9. The Morgan fingerprint density at radius 2 is 2.00 bits per heavy atom. The Balaban J connectivity index is 1.86. The molecule has 1 fully saturated rings. The Bertz CT molecular complexity index is 694. The van der Waals surface area contributed by atoms with Gasteiger partial charge in [-0.2, -0.15) is 0 Å². The van der Waals surface area contributed by atoms with Crippen LogP contribution in [0.25, 0.3) is 10.9 Å². The summed E-state index contributed by atoms with van der Waals surface area (Å²) in [5.74, 6) is 0.408. The quantitative estimate of drug-likeness (QED) is 0.895. The van der Waals surface area contributed by atoms with Gasteiger partial charge in [-0.05, 0) is 51.2 Å². The first-order valence-corrected chi connectivity index (χ1v) is 8.04. The lowest BCUT2D eigenvalue weighted by molar-refractivity contribution is 0.0523. The van der Waals surface area contributed by atoms with Crippen molar-refractivity contribution in [1.29, 1.82) is 0 Å². The number of hydrogen-bond donors (Lipinski definition) is 2. The lowest BCUT2D eigenvalue weighted by Crippen LogP contribution is -2.40. The van der Waals surface area contributed by atoms with Crippen LogP contribution in [-0.2, 0) is 0 Å². The summed E-state index contributed by atoms with van der Waals surface area (Å²) in [6.07, 6.45) is 1.47. The Kier molecular flexibility index (Phi) is 3.96. The number of aliphatic hydroxyl groups is 1. The Morgan fingerprint density at radius 1 is 1.32 bits per heavy atom. The third-order valence-corrected chi connectivity index (χ3v) is 5.08. The second-order valence-electron chi connectivity index (χ2n) is 6.47. The van der Waals surface area contributed by atoms with E-state index in [1.54, 1.807) is 0 Å². The lowest BCUT2D eigenvalue weighted by Gasteiger charge is -2.33. The number of hydrogen-bond acceptors (Lipinski definition) is 2. The molecule has 1 aromatic carbocycles. The number of nitrogens with zero attached hydrogens (tertiary/aromatic N) is 1. The molecule has 0 aliphatic carbocycles. The van der Waals surface area contributed by atoms with Crippen LogP contribution in [0.1, 0.15) is 41.4 Å². The van der Waals surface area contributed by atoms with Crippen molar-refractivity contribution in [3.05, 3.63) is 35.0 Å². The van der Waals surface area contributed by atoms with Crippen molar-refractivity contribution >= 4 is 16.8 Å². The minimum atomic E-state index is -0.283. The summed E-state index contributed by atoms with van der Waals surface area (Å²) in [7, 11) is 0. The molecular weight excluding hydrogens is 276 g/mol. The van der Waals surface area contributed by atoms with Gasteiger partial charge in [0.05, 0.1) is 17.2 Å². The molecule has 1 aliphatic rings. The highest BCUT2D eigenvalue weighted by molar-refractivity contribution is 6.06. The number of amides is 1. The van der Waals surface area contributed by atoms with Crippen LogP contribution in [0.2, 0.25) is 0 Å². The van der Waals surface area contributed by atoms with Crippen LogP contribution in [-0.4, -0.2) is 40.1 Å². The predicted octanol–water partition coefficient (Wildman–Crippen LogP) is 3.02. The molecule has 1 aliphatic heterocycles. The van der Waals surface area contributed by atoms with Crippen molar-refractivity contribution in [1.82, 2.24) is 9.88 Å². The van der Waals surface area contributed by atoms with E-state index in [2.05, 4.69) is 18.0 Å². The third-order valence-electron chi connectivity index (χ3n) is 5.08. The molecule has 4 nitrogen and oxygen atoms in total. The topological polar surface area (TPSA) is 56.3 Å². The SMILES string of the molecule is Cc1[nH]c2c(C(=O)N3CCC(C(C)O)CC3)cccc2c1C. The van der Waals surface area contributed by atoms with Gasteiger partial charge < -0.3 is 15.0 Å². The number of para-hydroxylation sites is 1. The molecule has 2 heterocycles. The molecule has 1 saturated heterocycles. The van der Waals surface area contributed by atoms with Gasteiger partial charge in [0, 0.05) is 24.2 Å². The summed E-state index contributed by atoms with van der Waals surface area (Å²) in [6.45, 7) is 7.41. The van der Waals surface area contributed by atoms with E-state index in [9.17, 15) is 9.90 Å². The van der Waals surface area contributed by atoms with Crippen LogP contribution >= 0.6 is 0 Å². The summed E-state index contributed by atoms with van der Waals surface area (Å²) >= 11 is 0. The molecule has 1 aromatic heterocycles. The molecule has 1 unspecified atom stereocenters. The monoisotopic (exact) mass is 300 g/mol. The number of aliphatic hydroxyl groups excluding tert-OH is 1. The number of aryl methyl sites for hydroxylation is 2. The molecule has 1 atom stereocenters. The van der Waals surface area contributed by atoms with Crippen molar-refractivity contribution in [3.8, 4) is 0 Å². The van der Waals surface area contributed by atoms with Crippen molar-refractivity contribution in [2.45, 2.75) is 39.7 Å². The van der Waals surface area contributed by atoms with E-state index >= 15 is 0 Å². The highest BCUT2D eigenvalue weighted by atomic mass is 16.3. The van der Waals surface area contributed by atoms with Gasteiger partial charge in [-0.15, -0.1) is 0 Å². The van der Waals surface area contributed by atoms with E-state index in [4.69, 9.17) is 0 Å². The molecule has 1 amide bonds. The minimum Gasteiger partial charge on any atom is -0.393 e. The van der Waals surface area contributed by atoms with Crippen molar-refractivity contribution in [3.63, 3.8) is 0 Å². The maximum Gasteiger partial charge on any atom is 0.255 e. The number of piperidine rings is 1. The number of carbonyl (C=O) groups is 1. The summed E-state index contributed by atoms with van der Waals surface area (Å²) in [5, 5.41) is 10.8. The van der Waals surface area contributed by atoms with Crippen LogP contribution in [0.4, 0.5) is 0 Å². The van der Waals surface area contributed by atoms with E-state index in [1.165, 1.54) is 5.56 Å². The molecule has 22 heavy (non-hydrogen) atoms. The fourth-order valence-electron chi connectivity index (χ4n) is 3.42. The summed E-state index contributed by atoms with van der Waals surface area (Å²) in [6, 6.07) is 5.92. The average molecular weight is 300 g/mol. The van der Waals surface area contributed by atoms with Gasteiger partial charge in [0.2, 0.25) is 0 Å². The molecule has 0 saturated carbocycles. The predicted molar refractivity (Wildman–Crippen MR) is 88.1 cm³/mol. The summed E-state index contributed by atoms with van der Waals surface area (Å²) in [4.78, 5) is 18.1. The number of nitrogens with one attached hydrogen (secondary N) is 1. The van der Waals surface area contributed by atoms with Crippen molar-refractivity contribution < 1.29 is 9.90 Å². The number of likely N-dealkylation sites (tertiary alicyclic amines) is 1. The smallest absolute Gasteiger partial charge is 0.255 e. The Morgan fingerprint density at radius 3 is 2.64 bits per heavy atom.